The van der Waals surface area contributed by atoms with Crippen LogP contribution >= 0.6 is 0 Å². The predicted octanol–water partition coefficient (Wildman–Crippen LogP) is 5.21. The molecular formula is C32H33FN4O3. The van der Waals surface area contributed by atoms with Crippen molar-refractivity contribution in [3.05, 3.63) is 101 Å². The number of benzene rings is 2. The van der Waals surface area contributed by atoms with Crippen LogP contribution in [0.25, 0.3) is 0 Å². The van der Waals surface area contributed by atoms with Gasteiger partial charge in [-0.25, -0.2) is 9.18 Å². The van der Waals surface area contributed by atoms with E-state index in [4.69, 9.17) is 4.74 Å². The van der Waals surface area contributed by atoms with Gasteiger partial charge in [0.1, 0.15) is 11.6 Å². The Labute approximate surface area is 233 Å². The number of halogens is 1. The number of hydrogen-bond acceptors (Lipinski definition) is 4. The summed E-state index contributed by atoms with van der Waals surface area (Å²) in [4.78, 5) is 32.7. The van der Waals surface area contributed by atoms with Gasteiger partial charge in [-0.15, -0.1) is 0 Å². The molecule has 3 heterocycles. The summed E-state index contributed by atoms with van der Waals surface area (Å²) in [5, 5.41) is 3.08. The number of hydrogen-bond donors (Lipinski definition) is 1. The number of fused-ring (bicyclic) bond motifs is 2. The van der Waals surface area contributed by atoms with Crippen LogP contribution in [0.5, 0.6) is 5.75 Å². The van der Waals surface area contributed by atoms with Crippen molar-refractivity contribution in [2.75, 3.05) is 43.5 Å². The Morgan fingerprint density at radius 2 is 1.80 bits per heavy atom. The molecule has 2 aromatic carbocycles. The Morgan fingerprint density at radius 3 is 2.60 bits per heavy atom. The molecule has 6 rings (SSSR count). The fourth-order valence-electron chi connectivity index (χ4n) is 6.09. The van der Waals surface area contributed by atoms with E-state index >= 15 is 0 Å². The van der Waals surface area contributed by atoms with Crippen LogP contribution in [0.4, 0.5) is 20.6 Å². The summed E-state index contributed by atoms with van der Waals surface area (Å²) in [5.41, 5.74) is 5.80. The van der Waals surface area contributed by atoms with Crippen LogP contribution in [0.1, 0.15) is 24.0 Å². The third-order valence-corrected chi connectivity index (χ3v) is 8.25. The smallest absolute Gasteiger partial charge is 0.322 e. The number of carbonyl (C=O) groups is 2. The van der Waals surface area contributed by atoms with Crippen LogP contribution in [0.3, 0.4) is 0 Å². The molecule has 1 fully saturated rings. The number of carbonyl (C=O) groups excluding carboxylic acids is 2. The first-order valence-corrected chi connectivity index (χ1v) is 13.8. The third-order valence-electron chi connectivity index (χ3n) is 8.25. The number of amides is 3. The number of likely N-dealkylation sites (tertiary alicyclic amines) is 1. The number of ether oxygens (including phenoxy) is 1. The zero-order valence-corrected chi connectivity index (χ0v) is 22.7. The number of nitrogens with one attached hydrogen (secondary N) is 1. The lowest BCUT2D eigenvalue weighted by Gasteiger charge is -2.39. The highest BCUT2D eigenvalue weighted by atomic mass is 19.1. The second-order valence-corrected chi connectivity index (χ2v) is 10.7. The van der Waals surface area contributed by atoms with Gasteiger partial charge in [0.05, 0.1) is 7.11 Å². The van der Waals surface area contributed by atoms with E-state index in [2.05, 4.69) is 16.8 Å². The van der Waals surface area contributed by atoms with Gasteiger partial charge in [-0.2, -0.15) is 0 Å². The van der Waals surface area contributed by atoms with Crippen molar-refractivity contribution >= 4 is 23.3 Å². The summed E-state index contributed by atoms with van der Waals surface area (Å²) in [7, 11) is 1.65. The van der Waals surface area contributed by atoms with Gasteiger partial charge in [-0.1, -0.05) is 12.7 Å². The van der Waals surface area contributed by atoms with Gasteiger partial charge in [0.2, 0.25) is 0 Å². The fraction of sp³-hybridized carbons (Fsp3) is 0.312. The van der Waals surface area contributed by atoms with E-state index in [1.807, 2.05) is 47.4 Å². The molecule has 1 aliphatic carbocycles. The zero-order chi connectivity index (χ0) is 27.8. The summed E-state index contributed by atoms with van der Waals surface area (Å²) in [5.74, 6) is 0.393. The van der Waals surface area contributed by atoms with E-state index in [1.165, 1.54) is 12.1 Å². The minimum atomic E-state index is -0.285. The lowest BCUT2D eigenvalue weighted by molar-refractivity contribution is -0.114. The molecule has 1 N–H and O–H groups in total. The Morgan fingerprint density at radius 1 is 1.00 bits per heavy atom. The van der Waals surface area contributed by atoms with Gasteiger partial charge in [0.25, 0.3) is 5.91 Å². The van der Waals surface area contributed by atoms with Crippen molar-refractivity contribution in [1.29, 1.82) is 0 Å². The van der Waals surface area contributed by atoms with Gasteiger partial charge in [-0.3, -0.25) is 4.79 Å². The molecule has 0 spiro atoms. The quantitative estimate of drug-likeness (QED) is 0.578. The number of rotatable bonds is 4. The molecule has 0 saturated carbocycles. The molecule has 0 atom stereocenters. The van der Waals surface area contributed by atoms with Gasteiger partial charge in [0.15, 0.2) is 0 Å². The van der Waals surface area contributed by atoms with Gasteiger partial charge in [0, 0.05) is 54.9 Å². The van der Waals surface area contributed by atoms with Gasteiger partial charge in [-0.05, 0) is 97.0 Å². The minimum Gasteiger partial charge on any atom is -0.497 e. The maximum Gasteiger partial charge on any atom is 0.322 e. The lowest BCUT2D eigenvalue weighted by Crippen LogP contribution is -2.48. The highest BCUT2D eigenvalue weighted by Crippen LogP contribution is 2.32. The predicted molar refractivity (Wildman–Crippen MR) is 154 cm³/mol. The van der Waals surface area contributed by atoms with E-state index in [1.54, 1.807) is 18.1 Å². The second kappa shape index (κ2) is 10.7. The Kier molecular flexibility index (Phi) is 6.92. The van der Waals surface area contributed by atoms with E-state index in [9.17, 15) is 14.0 Å². The van der Waals surface area contributed by atoms with Gasteiger partial charge < -0.3 is 24.8 Å². The van der Waals surface area contributed by atoms with Crippen molar-refractivity contribution in [3.8, 4) is 5.75 Å². The fourth-order valence-corrected chi connectivity index (χ4v) is 6.09. The van der Waals surface area contributed by atoms with Gasteiger partial charge >= 0.3 is 6.03 Å². The number of nitrogens with zero attached hydrogens (tertiary/aromatic N) is 3. The maximum atomic E-state index is 13.7. The lowest BCUT2D eigenvalue weighted by atomic mass is 10.0. The molecule has 8 heteroatoms. The van der Waals surface area contributed by atoms with Crippen LogP contribution in [0, 0.1) is 5.82 Å². The number of allylic oxidation sites excluding steroid dienone is 4. The molecule has 0 unspecified atom stereocenters. The summed E-state index contributed by atoms with van der Waals surface area (Å²) in [6, 6.07) is 10.4. The zero-order valence-electron chi connectivity index (χ0n) is 22.7. The molecule has 3 amide bonds. The first-order valence-electron chi connectivity index (χ1n) is 13.8. The van der Waals surface area contributed by atoms with Crippen molar-refractivity contribution < 1.29 is 18.7 Å². The van der Waals surface area contributed by atoms with Crippen molar-refractivity contribution in [2.24, 2.45) is 0 Å². The third kappa shape index (κ3) is 5.01. The van der Waals surface area contributed by atoms with Crippen LogP contribution in [0.15, 0.2) is 84.1 Å². The minimum absolute atomic E-state index is 0.0613. The standard InChI is InChI=1S/C32H33FN4O3/c1-21-3-5-27(19-24(17-21)31(38)37-16-10-23-18-25(33)4-8-30(23)37)35-13-11-26(12-14-35)36-15-9-22-20-28(40-2)6-7-29(22)34-32(36)39/h3-8,17-20,26H,1,9-16H2,2H3,(H,34,39). The van der Waals surface area contributed by atoms with Crippen LogP contribution in [-0.2, 0) is 17.6 Å². The van der Waals surface area contributed by atoms with E-state index in [-0.39, 0.29) is 23.8 Å². The highest BCUT2D eigenvalue weighted by molar-refractivity contribution is 6.09. The molecule has 7 nitrogen and oxygen atoms in total. The maximum absolute atomic E-state index is 13.7. The van der Waals surface area contributed by atoms with Crippen LogP contribution in [-0.4, -0.2) is 61.1 Å². The summed E-state index contributed by atoms with van der Waals surface area (Å²) in [6.07, 6.45) is 10.8. The molecule has 1 saturated heterocycles. The van der Waals surface area contributed by atoms with Crippen molar-refractivity contribution in [3.63, 3.8) is 0 Å². The van der Waals surface area contributed by atoms with Crippen molar-refractivity contribution in [1.82, 2.24) is 9.80 Å². The molecule has 40 heavy (non-hydrogen) atoms. The number of piperidine rings is 1. The first-order chi connectivity index (χ1) is 19.4. The molecule has 2 aromatic rings. The monoisotopic (exact) mass is 540 g/mol. The highest BCUT2D eigenvalue weighted by Gasteiger charge is 2.32. The Hall–Kier alpha value is -4.33. The summed E-state index contributed by atoms with van der Waals surface area (Å²) < 4.78 is 19.1. The van der Waals surface area contributed by atoms with Crippen molar-refractivity contribution in [2.45, 2.75) is 31.7 Å². The SMILES string of the molecule is C=C1C=CC(N2CCC(N3CCc4cc(OC)ccc4NC3=O)CC2)=CC(C(=O)N2CCc3cc(F)ccc32)=C1. The van der Waals surface area contributed by atoms with E-state index in [0.717, 1.165) is 71.9 Å². The Balaban J connectivity index is 1.14. The summed E-state index contributed by atoms with van der Waals surface area (Å²) in [6.45, 7) is 6.81. The molecule has 0 aromatic heterocycles. The molecule has 3 aliphatic heterocycles. The largest absolute Gasteiger partial charge is 0.497 e. The van der Waals surface area contributed by atoms with E-state index in [0.29, 0.717) is 25.1 Å². The normalized spacial score (nSPS) is 19.3. The molecule has 4 aliphatic rings. The molecular weight excluding hydrogens is 507 g/mol. The second-order valence-electron chi connectivity index (χ2n) is 10.7. The molecule has 0 bridgehead atoms. The number of urea groups is 1. The number of methoxy groups -OCH3 is 1. The molecule has 206 valence electrons. The topological polar surface area (TPSA) is 65.1 Å². The average molecular weight is 541 g/mol. The van der Waals surface area contributed by atoms with E-state index < -0.39 is 0 Å². The number of anilines is 2. The summed E-state index contributed by atoms with van der Waals surface area (Å²) >= 11 is 0. The average Bonchev–Trinajstić information content (AvgIpc) is 3.17. The molecule has 0 radical (unpaired) electrons. The van der Waals surface area contributed by atoms with Crippen LogP contribution in [0.2, 0.25) is 0 Å². The Bertz CT molecular complexity index is 1470. The first kappa shape index (κ1) is 25.9. The van der Waals surface area contributed by atoms with Crippen LogP contribution < -0.4 is 15.0 Å².